The van der Waals surface area contributed by atoms with Gasteiger partial charge in [0.2, 0.25) is 5.91 Å². The number of carbonyl (C=O) groups is 1. The van der Waals surface area contributed by atoms with Gasteiger partial charge in [0, 0.05) is 19.1 Å². The molecule has 4 nitrogen and oxygen atoms in total. The number of hydrogen-bond donors (Lipinski definition) is 1. The summed E-state index contributed by atoms with van der Waals surface area (Å²) in [6.45, 7) is 3.38. The van der Waals surface area contributed by atoms with Crippen molar-refractivity contribution in [3.05, 3.63) is 30.3 Å². The minimum Gasteiger partial charge on any atom is -0.493 e. The lowest BCUT2D eigenvalue weighted by molar-refractivity contribution is -0.133. The molecular weight excluding hydrogens is 252 g/mol. The third-order valence-electron chi connectivity index (χ3n) is 4.34. The summed E-state index contributed by atoms with van der Waals surface area (Å²) < 4.78 is 5.59. The summed E-state index contributed by atoms with van der Waals surface area (Å²) >= 11 is 0. The zero-order valence-electron chi connectivity index (χ0n) is 11.8. The van der Waals surface area contributed by atoms with Gasteiger partial charge in [-0.25, -0.2) is 0 Å². The number of likely N-dealkylation sites (tertiary alicyclic amines) is 1. The van der Waals surface area contributed by atoms with Crippen LogP contribution >= 0.6 is 0 Å². The van der Waals surface area contributed by atoms with Crippen LogP contribution in [0.5, 0.6) is 5.75 Å². The maximum absolute atomic E-state index is 12.2. The van der Waals surface area contributed by atoms with Crippen molar-refractivity contribution in [2.24, 2.45) is 5.92 Å². The fourth-order valence-corrected chi connectivity index (χ4v) is 3.21. The van der Waals surface area contributed by atoms with Crippen molar-refractivity contribution in [3.8, 4) is 5.75 Å². The molecule has 20 heavy (non-hydrogen) atoms. The van der Waals surface area contributed by atoms with Crippen molar-refractivity contribution in [1.82, 2.24) is 10.2 Å². The average molecular weight is 274 g/mol. The van der Waals surface area contributed by atoms with Crippen molar-refractivity contribution < 1.29 is 9.53 Å². The molecule has 0 spiro atoms. The molecule has 2 aliphatic rings. The van der Waals surface area contributed by atoms with Crippen molar-refractivity contribution in [2.45, 2.75) is 25.3 Å². The number of ether oxygens (including phenoxy) is 1. The zero-order chi connectivity index (χ0) is 13.8. The molecule has 0 saturated carbocycles. The van der Waals surface area contributed by atoms with Crippen molar-refractivity contribution in [1.29, 1.82) is 0 Å². The predicted octanol–water partition coefficient (Wildman–Crippen LogP) is 1.67. The largest absolute Gasteiger partial charge is 0.493 e. The number of rotatable bonds is 4. The highest BCUT2D eigenvalue weighted by molar-refractivity contribution is 5.76. The second-order valence-electron chi connectivity index (χ2n) is 5.65. The second kappa shape index (κ2) is 6.27. The van der Waals surface area contributed by atoms with E-state index in [1.807, 2.05) is 35.2 Å². The molecule has 108 valence electrons. The molecule has 2 heterocycles. The maximum Gasteiger partial charge on any atom is 0.226 e. The molecule has 4 heteroatoms. The van der Waals surface area contributed by atoms with Crippen LogP contribution in [-0.2, 0) is 4.79 Å². The Kier molecular flexibility index (Phi) is 4.21. The van der Waals surface area contributed by atoms with Crippen LogP contribution in [-0.4, -0.2) is 43.1 Å². The van der Waals surface area contributed by atoms with Gasteiger partial charge in [-0.05, 0) is 37.4 Å². The van der Waals surface area contributed by atoms with Crippen LogP contribution in [0.25, 0.3) is 0 Å². The first-order valence-corrected chi connectivity index (χ1v) is 7.52. The smallest absolute Gasteiger partial charge is 0.226 e. The lowest BCUT2D eigenvalue weighted by Gasteiger charge is -2.34. The van der Waals surface area contributed by atoms with E-state index in [-0.39, 0.29) is 5.91 Å². The van der Waals surface area contributed by atoms with Crippen LogP contribution < -0.4 is 10.1 Å². The van der Waals surface area contributed by atoms with E-state index in [1.165, 1.54) is 6.42 Å². The Morgan fingerprint density at radius 2 is 2.15 bits per heavy atom. The van der Waals surface area contributed by atoms with E-state index in [0.29, 0.717) is 25.0 Å². The third kappa shape index (κ3) is 3.12. The highest BCUT2D eigenvalue weighted by Gasteiger charge is 2.33. The number of benzene rings is 1. The number of amides is 1. The van der Waals surface area contributed by atoms with Gasteiger partial charge in [-0.1, -0.05) is 18.2 Å². The summed E-state index contributed by atoms with van der Waals surface area (Å²) in [7, 11) is 0. The highest BCUT2D eigenvalue weighted by Crippen LogP contribution is 2.24. The highest BCUT2D eigenvalue weighted by atomic mass is 16.5. The Bertz CT molecular complexity index is 449. The first kappa shape index (κ1) is 13.4. The van der Waals surface area contributed by atoms with Crippen LogP contribution in [0.15, 0.2) is 30.3 Å². The van der Waals surface area contributed by atoms with Gasteiger partial charge < -0.3 is 15.0 Å². The van der Waals surface area contributed by atoms with Crippen LogP contribution in [0.4, 0.5) is 0 Å². The van der Waals surface area contributed by atoms with E-state index in [2.05, 4.69) is 5.32 Å². The van der Waals surface area contributed by atoms with Gasteiger partial charge in [0.1, 0.15) is 5.75 Å². The van der Waals surface area contributed by atoms with Gasteiger partial charge in [-0.2, -0.15) is 0 Å². The Balaban J connectivity index is 1.43. The number of nitrogens with one attached hydrogen (secondary N) is 1. The molecule has 2 saturated heterocycles. The Labute approximate surface area is 120 Å². The van der Waals surface area contributed by atoms with Gasteiger partial charge >= 0.3 is 0 Å². The van der Waals surface area contributed by atoms with Crippen LogP contribution in [0, 0.1) is 5.92 Å². The molecule has 2 atom stereocenters. The number of para-hydroxylation sites is 1. The summed E-state index contributed by atoms with van der Waals surface area (Å²) in [5.41, 5.74) is 0. The topological polar surface area (TPSA) is 41.6 Å². The normalized spacial score (nSPS) is 25.3. The molecule has 3 rings (SSSR count). The molecule has 2 aliphatic heterocycles. The van der Waals surface area contributed by atoms with E-state index >= 15 is 0 Å². The van der Waals surface area contributed by atoms with Gasteiger partial charge in [0.15, 0.2) is 0 Å². The summed E-state index contributed by atoms with van der Waals surface area (Å²) in [5, 5.41) is 3.52. The van der Waals surface area contributed by atoms with Crippen molar-refractivity contribution in [3.63, 3.8) is 0 Å². The average Bonchev–Trinajstić information content (AvgIpc) is 2.95. The van der Waals surface area contributed by atoms with Gasteiger partial charge in [-0.15, -0.1) is 0 Å². The molecular formula is C16H22N2O2. The minimum absolute atomic E-state index is 0.228. The predicted molar refractivity (Wildman–Crippen MR) is 77.6 cm³/mol. The molecule has 0 aromatic heterocycles. The maximum atomic E-state index is 12.2. The summed E-state index contributed by atoms with van der Waals surface area (Å²) in [6.07, 6.45) is 2.77. The summed E-state index contributed by atoms with van der Waals surface area (Å²) in [6, 6.07) is 10.3. The third-order valence-corrected chi connectivity index (χ3v) is 4.34. The quantitative estimate of drug-likeness (QED) is 0.908. The molecule has 2 unspecified atom stereocenters. The Morgan fingerprint density at radius 1 is 1.30 bits per heavy atom. The second-order valence-corrected chi connectivity index (χ2v) is 5.65. The monoisotopic (exact) mass is 274 g/mol. The first-order chi connectivity index (χ1) is 9.83. The van der Waals surface area contributed by atoms with E-state index in [0.717, 1.165) is 31.8 Å². The fourth-order valence-electron chi connectivity index (χ4n) is 3.21. The molecule has 1 N–H and O–H groups in total. The summed E-state index contributed by atoms with van der Waals surface area (Å²) in [5.74, 6) is 1.72. The Morgan fingerprint density at radius 3 is 3.00 bits per heavy atom. The number of fused-ring (bicyclic) bond motifs is 1. The van der Waals surface area contributed by atoms with Gasteiger partial charge in [0.05, 0.1) is 13.0 Å². The molecule has 1 aromatic rings. The first-order valence-electron chi connectivity index (χ1n) is 7.52. The lowest BCUT2D eigenvalue weighted by Crippen LogP contribution is -2.47. The molecule has 2 fully saturated rings. The van der Waals surface area contributed by atoms with E-state index < -0.39 is 0 Å². The molecule has 0 bridgehead atoms. The number of hydrogen-bond acceptors (Lipinski definition) is 3. The van der Waals surface area contributed by atoms with Crippen molar-refractivity contribution in [2.75, 3.05) is 26.2 Å². The van der Waals surface area contributed by atoms with Gasteiger partial charge in [-0.3, -0.25) is 4.79 Å². The van der Waals surface area contributed by atoms with Crippen LogP contribution in [0.2, 0.25) is 0 Å². The number of nitrogens with zero attached hydrogens (tertiary/aromatic N) is 1. The van der Waals surface area contributed by atoms with Crippen LogP contribution in [0.1, 0.15) is 19.3 Å². The van der Waals surface area contributed by atoms with E-state index in [9.17, 15) is 4.79 Å². The fraction of sp³-hybridized carbons (Fsp3) is 0.562. The Hall–Kier alpha value is -1.55. The molecule has 0 radical (unpaired) electrons. The standard InChI is InChI=1S/C16H22N2O2/c19-16(8-11-20-14-4-2-1-3-5-14)18-10-7-15-13(12-18)6-9-17-15/h1-5,13,15,17H,6-12H2. The number of piperidine rings is 1. The number of carbonyl (C=O) groups excluding carboxylic acids is 1. The molecule has 0 aliphatic carbocycles. The SMILES string of the molecule is O=C(CCOc1ccccc1)N1CCC2NCCC2C1. The summed E-state index contributed by atoms with van der Waals surface area (Å²) in [4.78, 5) is 14.2. The molecule has 1 amide bonds. The van der Waals surface area contributed by atoms with Crippen LogP contribution in [0.3, 0.4) is 0 Å². The zero-order valence-corrected chi connectivity index (χ0v) is 11.8. The van der Waals surface area contributed by atoms with E-state index in [4.69, 9.17) is 4.74 Å². The van der Waals surface area contributed by atoms with E-state index in [1.54, 1.807) is 0 Å². The lowest BCUT2D eigenvalue weighted by atomic mass is 9.93. The minimum atomic E-state index is 0.228. The molecule has 1 aromatic carbocycles. The van der Waals surface area contributed by atoms with Gasteiger partial charge in [0.25, 0.3) is 0 Å². The van der Waals surface area contributed by atoms with Crippen molar-refractivity contribution >= 4 is 5.91 Å².